The molecule has 2 heterocycles. The van der Waals surface area contributed by atoms with E-state index < -0.39 is 0 Å². The summed E-state index contributed by atoms with van der Waals surface area (Å²) in [7, 11) is 0. The Morgan fingerprint density at radius 2 is 1.09 bits per heavy atom. The predicted molar refractivity (Wildman–Crippen MR) is 187 cm³/mol. The second-order valence-electron chi connectivity index (χ2n) is 11.8. The first-order valence-corrected chi connectivity index (χ1v) is 15.2. The number of fused-ring (bicyclic) bond motifs is 4. The minimum absolute atomic E-state index is 1.16. The summed E-state index contributed by atoms with van der Waals surface area (Å²) in [5.41, 5.74) is 8.45. The van der Waals surface area contributed by atoms with E-state index in [0.29, 0.717) is 0 Å². The number of aromatic nitrogens is 2. The monoisotopic (exact) mass is 558 g/mol. The molecule has 0 radical (unpaired) electrons. The van der Waals surface area contributed by atoms with Crippen LogP contribution in [0.25, 0.3) is 87.5 Å². The van der Waals surface area contributed by atoms with Gasteiger partial charge < -0.3 is 9.13 Å². The summed E-state index contributed by atoms with van der Waals surface area (Å²) in [5.74, 6) is 0. The fraction of sp³-hybridized carbons (Fsp3) is 0. The molecule has 0 aliphatic heterocycles. The Bertz CT molecular complexity index is 2690. The molecule has 44 heavy (non-hydrogen) atoms. The van der Waals surface area contributed by atoms with Crippen LogP contribution in [0.5, 0.6) is 0 Å². The van der Waals surface area contributed by atoms with Gasteiger partial charge in [-0.3, -0.25) is 0 Å². The summed E-state index contributed by atoms with van der Waals surface area (Å²) < 4.78 is 4.73. The first kappa shape index (κ1) is 23.7. The highest BCUT2D eigenvalue weighted by atomic mass is 15.0. The van der Waals surface area contributed by atoms with Crippen molar-refractivity contribution in [2.75, 3.05) is 0 Å². The lowest BCUT2D eigenvalue weighted by atomic mass is 9.90. The van der Waals surface area contributed by atoms with E-state index in [1.54, 1.807) is 0 Å². The second kappa shape index (κ2) is 8.82. The highest BCUT2D eigenvalue weighted by molar-refractivity contribution is 6.25. The van der Waals surface area contributed by atoms with Gasteiger partial charge in [-0.25, -0.2) is 0 Å². The molecule has 0 fully saturated rings. The molecule has 204 valence electrons. The molecule has 2 heteroatoms. The van der Waals surface area contributed by atoms with Crippen molar-refractivity contribution >= 4 is 65.0 Å². The summed E-state index contributed by atoms with van der Waals surface area (Å²) in [6, 6.07) is 55.6. The van der Waals surface area contributed by atoms with Gasteiger partial charge in [-0.2, -0.15) is 0 Å². The third-order valence-corrected chi connectivity index (χ3v) is 9.46. The highest BCUT2D eigenvalue weighted by Gasteiger charge is 2.17. The molecule has 0 amide bonds. The molecule has 2 nitrogen and oxygen atoms in total. The van der Waals surface area contributed by atoms with Gasteiger partial charge in [0, 0.05) is 33.7 Å². The maximum absolute atomic E-state index is 2.44. The fourth-order valence-electron chi connectivity index (χ4n) is 7.49. The van der Waals surface area contributed by atoms with E-state index in [4.69, 9.17) is 0 Å². The van der Waals surface area contributed by atoms with Crippen molar-refractivity contribution in [2.24, 2.45) is 0 Å². The molecule has 10 aromatic rings. The molecular formula is C42H26N2. The van der Waals surface area contributed by atoms with Gasteiger partial charge in [0.15, 0.2) is 0 Å². The van der Waals surface area contributed by atoms with Crippen molar-refractivity contribution in [3.05, 3.63) is 158 Å². The van der Waals surface area contributed by atoms with Crippen molar-refractivity contribution in [3.63, 3.8) is 0 Å². The standard InChI is InChI=1S/C42H26N2/c1-2-11-32(12-3-1)43-23-22-31-25-37-35-14-4-5-15-38(35)44(40(37)26-39(31)43)33-13-7-10-30(24-33)34-20-18-29-17-16-27-8-6-9-28-19-21-36(34)42(29)41(27)28/h1-26H. The molecule has 0 spiro atoms. The number of para-hydroxylation sites is 2. The number of rotatable bonds is 3. The quantitative estimate of drug-likeness (QED) is 0.191. The number of hydrogen-bond donors (Lipinski definition) is 0. The predicted octanol–water partition coefficient (Wildman–Crippen LogP) is 11.3. The summed E-state index contributed by atoms with van der Waals surface area (Å²) in [6.07, 6.45) is 2.18. The van der Waals surface area contributed by atoms with Gasteiger partial charge in [-0.1, -0.05) is 103 Å². The summed E-state index contributed by atoms with van der Waals surface area (Å²) in [5, 5.41) is 11.7. The Kier molecular flexibility index (Phi) is 4.75. The first-order valence-electron chi connectivity index (χ1n) is 15.2. The minimum Gasteiger partial charge on any atom is -0.316 e. The second-order valence-corrected chi connectivity index (χ2v) is 11.8. The van der Waals surface area contributed by atoms with Gasteiger partial charge in [0.2, 0.25) is 0 Å². The molecule has 0 bridgehead atoms. The van der Waals surface area contributed by atoms with Crippen molar-refractivity contribution in [1.82, 2.24) is 9.13 Å². The van der Waals surface area contributed by atoms with E-state index in [0.717, 1.165) is 5.69 Å². The Hall–Kier alpha value is -5.86. The lowest BCUT2D eigenvalue weighted by Gasteiger charge is -2.15. The third-order valence-electron chi connectivity index (χ3n) is 9.46. The SMILES string of the molecule is c1ccc(-n2ccc3cc4c5ccccc5n(-c5cccc(-c6ccc7ccc8cccc9ccc6c7c89)c5)c4cc32)cc1. The van der Waals surface area contributed by atoms with E-state index >= 15 is 0 Å². The average molecular weight is 559 g/mol. The van der Waals surface area contributed by atoms with Crippen molar-refractivity contribution in [3.8, 4) is 22.5 Å². The number of nitrogens with zero attached hydrogens (tertiary/aromatic N) is 2. The van der Waals surface area contributed by atoms with Crippen molar-refractivity contribution in [2.45, 2.75) is 0 Å². The molecule has 0 saturated carbocycles. The van der Waals surface area contributed by atoms with Crippen LogP contribution in [0.15, 0.2) is 158 Å². The lowest BCUT2D eigenvalue weighted by Crippen LogP contribution is -1.96. The van der Waals surface area contributed by atoms with E-state index in [-0.39, 0.29) is 0 Å². The molecule has 0 aliphatic rings. The zero-order chi connectivity index (χ0) is 28.8. The largest absolute Gasteiger partial charge is 0.316 e. The van der Waals surface area contributed by atoms with Crippen LogP contribution in [0.4, 0.5) is 0 Å². The molecule has 0 aliphatic carbocycles. The van der Waals surface area contributed by atoms with Crippen LogP contribution < -0.4 is 0 Å². The van der Waals surface area contributed by atoms with Crippen LogP contribution in [0.2, 0.25) is 0 Å². The summed E-state index contributed by atoms with van der Waals surface area (Å²) >= 11 is 0. The van der Waals surface area contributed by atoms with E-state index in [2.05, 4.69) is 167 Å². The topological polar surface area (TPSA) is 9.86 Å². The zero-order valence-corrected chi connectivity index (χ0v) is 23.9. The third kappa shape index (κ3) is 3.25. The molecule has 0 saturated heterocycles. The Labute approximate surface area is 254 Å². The van der Waals surface area contributed by atoms with Crippen LogP contribution in [0, 0.1) is 0 Å². The molecule has 2 aromatic heterocycles. The molecule has 8 aromatic carbocycles. The van der Waals surface area contributed by atoms with Gasteiger partial charge in [0.1, 0.15) is 0 Å². The van der Waals surface area contributed by atoms with Gasteiger partial charge >= 0.3 is 0 Å². The maximum Gasteiger partial charge on any atom is 0.0562 e. The molecule has 10 rings (SSSR count). The average Bonchev–Trinajstić information content (AvgIpc) is 3.65. The lowest BCUT2D eigenvalue weighted by molar-refractivity contribution is 1.12. The van der Waals surface area contributed by atoms with Crippen LogP contribution in [0.3, 0.4) is 0 Å². The van der Waals surface area contributed by atoms with Crippen LogP contribution in [0.1, 0.15) is 0 Å². The van der Waals surface area contributed by atoms with E-state index in [9.17, 15) is 0 Å². The first-order chi connectivity index (χ1) is 21.8. The summed E-state index contributed by atoms with van der Waals surface area (Å²) in [6.45, 7) is 0. The Morgan fingerprint density at radius 3 is 1.98 bits per heavy atom. The normalized spacial score (nSPS) is 12.1. The maximum atomic E-state index is 2.44. The Morgan fingerprint density at radius 1 is 0.364 bits per heavy atom. The van der Waals surface area contributed by atoms with E-state index in [1.165, 1.54) is 81.8 Å². The number of hydrogen-bond acceptors (Lipinski definition) is 0. The summed E-state index contributed by atoms with van der Waals surface area (Å²) in [4.78, 5) is 0. The minimum atomic E-state index is 1.16. The molecular weight excluding hydrogens is 532 g/mol. The Balaban J connectivity index is 1.23. The smallest absolute Gasteiger partial charge is 0.0562 e. The number of benzene rings is 8. The molecule has 0 atom stereocenters. The highest BCUT2D eigenvalue weighted by Crippen LogP contribution is 2.41. The zero-order valence-electron chi connectivity index (χ0n) is 23.9. The van der Waals surface area contributed by atoms with Gasteiger partial charge in [0.05, 0.1) is 16.6 Å². The van der Waals surface area contributed by atoms with Crippen LogP contribution >= 0.6 is 0 Å². The molecule has 0 N–H and O–H groups in total. The van der Waals surface area contributed by atoms with E-state index in [1.807, 2.05) is 0 Å². The van der Waals surface area contributed by atoms with Crippen molar-refractivity contribution < 1.29 is 0 Å². The van der Waals surface area contributed by atoms with Crippen LogP contribution in [-0.2, 0) is 0 Å². The fourth-order valence-corrected chi connectivity index (χ4v) is 7.49. The van der Waals surface area contributed by atoms with Crippen molar-refractivity contribution in [1.29, 1.82) is 0 Å². The van der Waals surface area contributed by atoms with Gasteiger partial charge in [0.25, 0.3) is 0 Å². The van der Waals surface area contributed by atoms with Gasteiger partial charge in [-0.05, 0) is 92.0 Å². The molecule has 0 unspecified atom stereocenters. The van der Waals surface area contributed by atoms with Crippen LogP contribution in [-0.4, -0.2) is 9.13 Å². The van der Waals surface area contributed by atoms with Gasteiger partial charge in [-0.15, -0.1) is 0 Å².